The molecular formula is C14H18BrFO3. The number of hydrogen-bond acceptors (Lipinski definition) is 2. The molecule has 1 aromatic carbocycles. The zero-order valence-electron chi connectivity index (χ0n) is 11.1. The van der Waals surface area contributed by atoms with Crippen LogP contribution in [0.5, 0.6) is 5.75 Å². The van der Waals surface area contributed by atoms with Gasteiger partial charge in [0.25, 0.3) is 0 Å². The highest BCUT2D eigenvalue weighted by atomic mass is 79.9. The number of unbranched alkanes of at least 4 members (excludes halogenated alkanes) is 1. The fraction of sp³-hybridized carbons (Fsp3) is 0.500. The highest BCUT2D eigenvalue weighted by Crippen LogP contribution is 2.24. The first-order chi connectivity index (χ1) is 8.81. The maximum atomic E-state index is 13.1. The molecule has 5 heteroatoms. The number of carboxylic acid groups (broad SMARTS) is 1. The maximum absolute atomic E-state index is 13.1. The summed E-state index contributed by atoms with van der Waals surface area (Å²) >= 11 is 3.19. The standard InChI is InChI=1S/C14H18BrFO3/c1-14(2,13(17)18)5-3-4-6-19-12-8-10(15)7-11(16)9-12/h7-9H,3-6H2,1-2H3,(H,17,18). The molecule has 0 aliphatic heterocycles. The average Bonchev–Trinajstić information content (AvgIpc) is 2.26. The third-order valence-electron chi connectivity index (χ3n) is 2.88. The van der Waals surface area contributed by atoms with Gasteiger partial charge in [0.2, 0.25) is 0 Å². The highest BCUT2D eigenvalue weighted by molar-refractivity contribution is 9.10. The normalized spacial score (nSPS) is 11.4. The van der Waals surface area contributed by atoms with Crippen LogP contribution >= 0.6 is 15.9 Å². The maximum Gasteiger partial charge on any atom is 0.309 e. The van der Waals surface area contributed by atoms with Gasteiger partial charge >= 0.3 is 5.97 Å². The van der Waals surface area contributed by atoms with Crippen LogP contribution in [-0.4, -0.2) is 17.7 Å². The predicted molar refractivity (Wildman–Crippen MR) is 74.9 cm³/mol. The average molecular weight is 333 g/mol. The van der Waals surface area contributed by atoms with Gasteiger partial charge in [0.15, 0.2) is 0 Å². The van der Waals surface area contributed by atoms with E-state index in [1.165, 1.54) is 12.1 Å². The molecule has 1 rings (SSSR count). The third kappa shape index (κ3) is 5.59. The van der Waals surface area contributed by atoms with Crippen molar-refractivity contribution in [3.8, 4) is 5.75 Å². The van der Waals surface area contributed by atoms with Crippen LogP contribution in [-0.2, 0) is 4.79 Å². The molecule has 0 saturated carbocycles. The molecule has 0 spiro atoms. The van der Waals surface area contributed by atoms with E-state index in [0.29, 0.717) is 23.2 Å². The largest absolute Gasteiger partial charge is 0.493 e. The highest BCUT2D eigenvalue weighted by Gasteiger charge is 2.25. The summed E-state index contributed by atoms with van der Waals surface area (Å²) in [7, 11) is 0. The van der Waals surface area contributed by atoms with Crippen LogP contribution in [0.4, 0.5) is 4.39 Å². The number of ether oxygens (including phenoxy) is 1. The fourth-order valence-electron chi connectivity index (χ4n) is 1.58. The summed E-state index contributed by atoms with van der Waals surface area (Å²) in [6, 6.07) is 4.39. The first-order valence-corrected chi connectivity index (χ1v) is 6.93. The lowest BCUT2D eigenvalue weighted by Crippen LogP contribution is -2.23. The number of benzene rings is 1. The molecule has 106 valence electrons. The lowest BCUT2D eigenvalue weighted by molar-refractivity contribution is -0.147. The Morgan fingerprint density at radius 3 is 2.63 bits per heavy atom. The van der Waals surface area contributed by atoms with Gasteiger partial charge in [0.1, 0.15) is 11.6 Å². The molecule has 0 aliphatic rings. The Bertz CT molecular complexity index is 426. The van der Waals surface area contributed by atoms with Crippen LogP contribution in [0.3, 0.4) is 0 Å². The SMILES string of the molecule is CC(C)(CCCCOc1cc(F)cc(Br)c1)C(=O)O. The first-order valence-electron chi connectivity index (χ1n) is 6.13. The van der Waals surface area contributed by atoms with Gasteiger partial charge in [-0.15, -0.1) is 0 Å². The molecule has 0 atom stereocenters. The van der Waals surface area contributed by atoms with Gasteiger partial charge in [-0.3, -0.25) is 4.79 Å². The van der Waals surface area contributed by atoms with Gasteiger partial charge in [-0.1, -0.05) is 15.9 Å². The molecule has 0 saturated heterocycles. The molecule has 1 aromatic rings. The van der Waals surface area contributed by atoms with Gasteiger partial charge < -0.3 is 9.84 Å². The van der Waals surface area contributed by atoms with Crippen molar-refractivity contribution in [3.63, 3.8) is 0 Å². The van der Waals surface area contributed by atoms with Crippen LogP contribution in [0, 0.1) is 11.2 Å². The third-order valence-corrected chi connectivity index (χ3v) is 3.34. The lowest BCUT2D eigenvalue weighted by atomic mass is 9.87. The minimum absolute atomic E-state index is 0.351. The molecule has 1 N–H and O–H groups in total. The molecule has 0 bridgehead atoms. The summed E-state index contributed by atoms with van der Waals surface area (Å²) in [5.41, 5.74) is -0.706. The Labute approximate surface area is 120 Å². The van der Waals surface area contributed by atoms with E-state index in [1.54, 1.807) is 19.9 Å². The second kappa shape index (κ2) is 6.89. The molecule has 0 amide bonds. The summed E-state index contributed by atoms with van der Waals surface area (Å²) in [5.74, 6) is -0.664. The summed E-state index contributed by atoms with van der Waals surface area (Å²) in [4.78, 5) is 10.9. The van der Waals surface area contributed by atoms with Crippen molar-refractivity contribution in [2.75, 3.05) is 6.61 Å². The van der Waals surface area contributed by atoms with Crippen molar-refractivity contribution < 1.29 is 19.0 Å². The van der Waals surface area contributed by atoms with Crippen LogP contribution < -0.4 is 4.74 Å². The monoisotopic (exact) mass is 332 g/mol. The summed E-state index contributed by atoms with van der Waals surface area (Å²) < 4.78 is 19.1. The molecular weight excluding hydrogens is 315 g/mol. The second-order valence-corrected chi connectivity index (χ2v) is 6.02. The Morgan fingerprint density at radius 1 is 1.37 bits per heavy atom. The van der Waals surface area contributed by atoms with Gasteiger partial charge in [-0.25, -0.2) is 4.39 Å². The van der Waals surface area contributed by atoms with E-state index in [-0.39, 0.29) is 5.82 Å². The molecule has 0 radical (unpaired) electrons. The fourth-order valence-corrected chi connectivity index (χ4v) is 2.02. The van der Waals surface area contributed by atoms with Crippen molar-refractivity contribution in [3.05, 3.63) is 28.5 Å². The van der Waals surface area contributed by atoms with Gasteiger partial charge in [0, 0.05) is 10.5 Å². The van der Waals surface area contributed by atoms with Crippen molar-refractivity contribution >= 4 is 21.9 Å². The van der Waals surface area contributed by atoms with Crippen molar-refractivity contribution in [1.29, 1.82) is 0 Å². The van der Waals surface area contributed by atoms with Crippen LogP contribution in [0.1, 0.15) is 33.1 Å². The Hall–Kier alpha value is -1.10. The number of aliphatic carboxylic acids is 1. The first kappa shape index (κ1) is 16.0. The quantitative estimate of drug-likeness (QED) is 0.759. The zero-order valence-corrected chi connectivity index (χ0v) is 12.7. The second-order valence-electron chi connectivity index (χ2n) is 5.10. The van der Waals surface area contributed by atoms with Gasteiger partial charge in [0.05, 0.1) is 12.0 Å². The predicted octanol–water partition coefficient (Wildman–Crippen LogP) is 4.25. The van der Waals surface area contributed by atoms with E-state index in [4.69, 9.17) is 9.84 Å². The van der Waals surface area contributed by atoms with Gasteiger partial charge in [-0.2, -0.15) is 0 Å². The van der Waals surface area contributed by atoms with E-state index in [1.807, 2.05) is 0 Å². The molecule has 0 unspecified atom stereocenters. The minimum atomic E-state index is -0.789. The number of carbonyl (C=O) groups is 1. The van der Waals surface area contributed by atoms with Crippen LogP contribution in [0.2, 0.25) is 0 Å². The van der Waals surface area contributed by atoms with Gasteiger partial charge in [-0.05, 0) is 45.2 Å². The topological polar surface area (TPSA) is 46.5 Å². The molecule has 0 aliphatic carbocycles. The molecule has 0 heterocycles. The van der Waals surface area contributed by atoms with E-state index in [9.17, 15) is 9.18 Å². The molecule has 0 aromatic heterocycles. The van der Waals surface area contributed by atoms with Crippen molar-refractivity contribution in [2.45, 2.75) is 33.1 Å². The van der Waals surface area contributed by atoms with Crippen molar-refractivity contribution in [1.82, 2.24) is 0 Å². The minimum Gasteiger partial charge on any atom is -0.493 e. The van der Waals surface area contributed by atoms with E-state index in [0.717, 1.165) is 12.8 Å². The Balaban J connectivity index is 2.30. The Morgan fingerprint density at radius 2 is 2.05 bits per heavy atom. The number of hydrogen-bond donors (Lipinski definition) is 1. The zero-order chi connectivity index (χ0) is 14.5. The van der Waals surface area contributed by atoms with E-state index >= 15 is 0 Å². The summed E-state index contributed by atoms with van der Waals surface area (Å²) in [6.45, 7) is 3.87. The molecule has 0 fully saturated rings. The summed E-state index contributed by atoms with van der Waals surface area (Å²) in [6.07, 6.45) is 2.10. The molecule has 19 heavy (non-hydrogen) atoms. The van der Waals surface area contributed by atoms with Crippen LogP contribution in [0.15, 0.2) is 22.7 Å². The summed E-state index contributed by atoms with van der Waals surface area (Å²) in [5, 5.41) is 8.96. The Kier molecular flexibility index (Phi) is 5.79. The van der Waals surface area contributed by atoms with E-state index in [2.05, 4.69) is 15.9 Å². The number of carboxylic acids is 1. The smallest absolute Gasteiger partial charge is 0.309 e. The van der Waals surface area contributed by atoms with Crippen molar-refractivity contribution in [2.24, 2.45) is 5.41 Å². The van der Waals surface area contributed by atoms with Crippen LogP contribution in [0.25, 0.3) is 0 Å². The van der Waals surface area contributed by atoms with E-state index < -0.39 is 11.4 Å². The molecule has 3 nitrogen and oxygen atoms in total. The number of rotatable bonds is 7. The lowest BCUT2D eigenvalue weighted by Gasteiger charge is -2.18. The number of halogens is 2.